The van der Waals surface area contributed by atoms with E-state index in [1.807, 2.05) is 0 Å². The number of rotatable bonds is 3. The Morgan fingerprint density at radius 3 is 2.11 bits per heavy atom. The van der Waals surface area contributed by atoms with Crippen molar-refractivity contribution in [2.24, 2.45) is 0 Å². The first-order valence-electron chi connectivity index (χ1n) is 4.02. The molecular formula is C7H6O9S2. The van der Waals surface area contributed by atoms with E-state index in [0.717, 1.165) is 12.1 Å². The Hall–Kier alpha value is -1.69. The van der Waals surface area contributed by atoms with Gasteiger partial charge < -0.3 is 9.29 Å². The second-order valence-electron chi connectivity index (χ2n) is 2.95. The third-order valence-corrected chi connectivity index (χ3v) is 2.88. The molecule has 9 nitrogen and oxygen atoms in total. The van der Waals surface area contributed by atoms with Crippen molar-refractivity contribution in [3.8, 4) is 5.75 Å². The molecule has 3 N–H and O–H groups in total. The van der Waals surface area contributed by atoms with Gasteiger partial charge in [-0.15, -0.1) is 0 Å². The van der Waals surface area contributed by atoms with Crippen LogP contribution in [0.4, 0.5) is 0 Å². The van der Waals surface area contributed by atoms with Crippen LogP contribution in [0.1, 0.15) is 10.4 Å². The third-order valence-electron chi connectivity index (χ3n) is 1.67. The van der Waals surface area contributed by atoms with Crippen LogP contribution in [0.3, 0.4) is 0 Å². The summed E-state index contributed by atoms with van der Waals surface area (Å²) >= 11 is 0. The summed E-state index contributed by atoms with van der Waals surface area (Å²) in [5.74, 6) is -2.50. The highest BCUT2D eigenvalue weighted by Crippen LogP contribution is 2.22. The number of phenols is 1. The molecule has 100 valence electrons. The smallest absolute Gasteiger partial charge is 0.449 e. The zero-order valence-electron chi connectivity index (χ0n) is 8.34. The van der Waals surface area contributed by atoms with Crippen LogP contribution in [0.25, 0.3) is 0 Å². The van der Waals surface area contributed by atoms with Crippen LogP contribution < -0.4 is 0 Å². The van der Waals surface area contributed by atoms with Crippen molar-refractivity contribution in [3.05, 3.63) is 23.8 Å². The van der Waals surface area contributed by atoms with E-state index in [0.29, 0.717) is 6.07 Å². The maximum Gasteiger partial charge on any atom is 0.449 e. The van der Waals surface area contributed by atoms with Gasteiger partial charge >= 0.3 is 16.4 Å². The van der Waals surface area contributed by atoms with Crippen LogP contribution in [0, 0.1) is 0 Å². The van der Waals surface area contributed by atoms with Crippen molar-refractivity contribution in [2.75, 3.05) is 0 Å². The molecule has 18 heavy (non-hydrogen) atoms. The maximum absolute atomic E-state index is 11.2. The van der Waals surface area contributed by atoms with Crippen LogP contribution in [-0.4, -0.2) is 37.0 Å². The minimum Gasteiger partial charge on any atom is -0.507 e. The first kappa shape index (κ1) is 14.4. The first-order chi connectivity index (χ1) is 8.00. The van der Waals surface area contributed by atoms with E-state index in [1.54, 1.807) is 0 Å². The van der Waals surface area contributed by atoms with Gasteiger partial charge in [0, 0.05) is 0 Å². The predicted molar refractivity (Wildman–Crippen MR) is 54.9 cm³/mol. The molecule has 0 aliphatic carbocycles. The van der Waals surface area contributed by atoms with Gasteiger partial charge in [-0.25, -0.2) is 4.79 Å². The van der Waals surface area contributed by atoms with Crippen LogP contribution in [0.15, 0.2) is 23.1 Å². The number of carbonyl (C=O) groups excluding carboxylic acids is 1. The average molecular weight is 298 g/mol. The SMILES string of the molecule is O=C(OS(=O)(=O)O)c1cc(S(=O)(=O)O)ccc1O. The molecule has 11 heteroatoms. The lowest BCUT2D eigenvalue weighted by Crippen LogP contribution is -2.13. The summed E-state index contributed by atoms with van der Waals surface area (Å²) in [5, 5.41) is 9.21. The Labute approximate surface area is 101 Å². The monoisotopic (exact) mass is 298 g/mol. The fourth-order valence-electron chi connectivity index (χ4n) is 0.980. The number of carbonyl (C=O) groups is 1. The largest absolute Gasteiger partial charge is 0.507 e. The van der Waals surface area contributed by atoms with E-state index in [2.05, 4.69) is 4.18 Å². The van der Waals surface area contributed by atoms with Crippen LogP contribution in [-0.2, 0) is 24.7 Å². The topological polar surface area (TPSA) is 155 Å². The lowest BCUT2D eigenvalue weighted by atomic mass is 10.2. The molecule has 1 aromatic rings. The second kappa shape index (κ2) is 4.53. The second-order valence-corrected chi connectivity index (χ2v) is 5.40. The molecule has 0 fully saturated rings. The van der Waals surface area contributed by atoms with Crippen LogP contribution in [0.5, 0.6) is 5.75 Å². The lowest BCUT2D eigenvalue weighted by Gasteiger charge is -2.04. The molecule has 0 aliphatic rings. The first-order valence-corrected chi connectivity index (χ1v) is 6.83. The molecule has 0 saturated carbocycles. The average Bonchev–Trinajstić information content (AvgIpc) is 2.13. The molecule has 0 unspecified atom stereocenters. The number of phenolic OH excluding ortho intramolecular Hbond substituents is 1. The number of hydrogen-bond acceptors (Lipinski definition) is 7. The molecule has 0 saturated heterocycles. The van der Waals surface area contributed by atoms with E-state index in [1.165, 1.54) is 0 Å². The van der Waals surface area contributed by atoms with Gasteiger partial charge in [0.25, 0.3) is 10.1 Å². The van der Waals surface area contributed by atoms with Crippen molar-refractivity contribution in [2.45, 2.75) is 4.90 Å². The summed E-state index contributed by atoms with van der Waals surface area (Å²) in [7, 11) is -9.76. The Bertz CT molecular complexity index is 686. The van der Waals surface area contributed by atoms with E-state index in [-0.39, 0.29) is 0 Å². The number of benzene rings is 1. The van der Waals surface area contributed by atoms with Gasteiger partial charge in [0.1, 0.15) is 11.3 Å². The van der Waals surface area contributed by atoms with E-state index in [9.17, 15) is 26.7 Å². The van der Waals surface area contributed by atoms with Gasteiger partial charge in [0.05, 0.1) is 4.90 Å². The minimum absolute atomic E-state index is 0.484. The van der Waals surface area contributed by atoms with E-state index in [4.69, 9.17) is 9.11 Å². The summed E-state index contributed by atoms with van der Waals surface area (Å²) < 4.78 is 62.5. The molecule has 0 heterocycles. The van der Waals surface area contributed by atoms with Gasteiger partial charge in [-0.1, -0.05) is 0 Å². The van der Waals surface area contributed by atoms with E-state index >= 15 is 0 Å². The van der Waals surface area contributed by atoms with Crippen molar-refractivity contribution in [3.63, 3.8) is 0 Å². The summed E-state index contributed by atoms with van der Waals surface area (Å²) in [6.45, 7) is 0. The lowest BCUT2D eigenvalue weighted by molar-refractivity contribution is 0.0724. The summed E-state index contributed by atoms with van der Waals surface area (Å²) in [6, 6.07) is 1.98. The maximum atomic E-state index is 11.2. The summed E-state index contributed by atoms with van der Waals surface area (Å²) in [4.78, 5) is 10.4. The Morgan fingerprint density at radius 2 is 1.67 bits per heavy atom. The highest BCUT2D eigenvalue weighted by Gasteiger charge is 2.22. The van der Waals surface area contributed by atoms with Gasteiger partial charge in [0.2, 0.25) is 0 Å². The molecule has 1 rings (SSSR count). The highest BCUT2D eigenvalue weighted by molar-refractivity contribution is 7.85. The molecule has 0 radical (unpaired) electrons. The van der Waals surface area contributed by atoms with Crippen molar-refractivity contribution >= 4 is 26.5 Å². The summed E-state index contributed by atoms with van der Waals surface area (Å²) in [5.41, 5.74) is -0.859. The third kappa shape index (κ3) is 3.66. The zero-order valence-corrected chi connectivity index (χ0v) is 9.97. The molecule has 0 spiro atoms. The number of aromatic hydroxyl groups is 1. The Kier molecular flexibility index (Phi) is 3.62. The molecule has 0 amide bonds. The van der Waals surface area contributed by atoms with Gasteiger partial charge in [-0.2, -0.15) is 16.8 Å². The highest BCUT2D eigenvalue weighted by atomic mass is 32.3. The summed E-state index contributed by atoms with van der Waals surface area (Å²) in [6.07, 6.45) is 0. The van der Waals surface area contributed by atoms with E-state index < -0.39 is 42.7 Å². The standard InChI is InChI=1S/C7H6O9S2/c8-6-2-1-4(17(10,11)12)3-5(6)7(9)16-18(13,14)15/h1-3,8H,(H,10,11,12)(H,13,14,15). The predicted octanol–water partition coefficient (Wildman–Crippen LogP) is -0.402. The van der Waals surface area contributed by atoms with Gasteiger partial charge in [-0.05, 0) is 18.2 Å². The fourth-order valence-corrected chi connectivity index (χ4v) is 1.77. The Balaban J connectivity index is 3.29. The normalized spacial score (nSPS) is 12.1. The molecule has 0 aromatic heterocycles. The van der Waals surface area contributed by atoms with Crippen molar-refractivity contribution in [1.29, 1.82) is 0 Å². The van der Waals surface area contributed by atoms with Gasteiger partial charge in [-0.3, -0.25) is 9.11 Å². The molecular weight excluding hydrogens is 292 g/mol. The van der Waals surface area contributed by atoms with Gasteiger partial charge in [0.15, 0.2) is 0 Å². The fraction of sp³-hybridized carbons (Fsp3) is 0. The van der Waals surface area contributed by atoms with Crippen LogP contribution in [0.2, 0.25) is 0 Å². The van der Waals surface area contributed by atoms with Crippen molar-refractivity contribution in [1.82, 2.24) is 0 Å². The Morgan fingerprint density at radius 1 is 1.11 bits per heavy atom. The quantitative estimate of drug-likeness (QED) is 0.631. The molecule has 1 aromatic carbocycles. The molecule has 0 aliphatic heterocycles. The van der Waals surface area contributed by atoms with Crippen molar-refractivity contribution < 1.29 is 40.0 Å². The minimum atomic E-state index is -5.11. The number of hydrogen-bond donors (Lipinski definition) is 3. The van der Waals surface area contributed by atoms with Crippen LogP contribution >= 0.6 is 0 Å². The molecule has 0 bridgehead atoms. The molecule has 0 atom stereocenters. The zero-order chi connectivity index (χ0) is 14.1.